The summed E-state index contributed by atoms with van der Waals surface area (Å²) in [5.74, 6) is 0.641. The number of benzene rings is 2. The van der Waals surface area contributed by atoms with E-state index in [1.165, 1.54) is 11.0 Å². The second-order valence-corrected chi connectivity index (χ2v) is 6.34. The van der Waals surface area contributed by atoms with Crippen molar-refractivity contribution in [1.29, 1.82) is 0 Å². The largest absolute Gasteiger partial charge is 0.496 e. The van der Waals surface area contributed by atoms with Crippen molar-refractivity contribution in [2.45, 2.75) is 6.54 Å². The topological polar surface area (TPSA) is 73.1 Å². The first kappa shape index (κ1) is 17.1. The normalized spacial score (nSPS) is 10.5. The fourth-order valence-electron chi connectivity index (χ4n) is 2.48. The molecule has 8 heteroatoms. The molecule has 25 heavy (non-hydrogen) atoms. The molecule has 0 N–H and O–H groups in total. The maximum atomic E-state index is 12.8. The van der Waals surface area contributed by atoms with Gasteiger partial charge in [-0.15, -0.1) is 5.10 Å². The van der Waals surface area contributed by atoms with Gasteiger partial charge in [0.15, 0.2) is 0 Å². The lowest BCUT2D eigenvalue weighted by atomic mass is 10.1. The highest BCUT2D eigenvalue weighted by Gasteiger charge is 2.15. The molecule has 128 valence electrons. The van der Waals surface area contributed by atoms with Gasteiger partial charge >= 0.3 is 0 Å². The Hall–Kier alpha value is -2.74. The molecule has 0 unspecified atom stereocenters. The molecule has 3 rings (SSSR count). The molecule has 0 spiro atoms. The molecule has 0 saturated carbocycles. The monoisotopic (exact) mass is 401 g/mol. The molecular weight excluding hydrogens is 386 g/mol. The summed E-state index contributed by atoms with van der Waals surface area (Å²) in [6.07, 6.45) is 1.49. The fraction of sp³-hybridized carbons (Fsp3) is 0.176. The summed E-state index contributed by atoms with van der Waals surface area (Å²) >= 11 is 3.45. The molecule has 1 amide bonds. The van der Waals surface area contributed by atoms with E-state index in [0.29, 0.717) is 12.1 Å². The minimum Gasteiger partial charge on any atom is -0.496 e. The third kappa shape index (κ3) is 3.85. The summed E-state index contributed by atoms with van der Waals surface area (Å²) in [6.45, 7) is 0.427. The lowest BCUT2D eigenvalue weighted by Crippen LogP contribution is -2.26. The van der Waals surface area contributed by atoms with Crippen LogP contribution in [-0.4, -0.2) is 45.2 Å². The molecule has 7 nitrogen and oxygen atoms in total. The molecule has 1 heterocycles. The molecule has 0 saturated heterocycles. The Morgan fingerprint density at radius 3 is 2.84 bits per heavy atom. The van der Waals surface area contributed by atoms with E-state index < -0.39 is 0 Å². The number of halogens is 1. The van der Waals surface area contributed by atoms with Gasteiger partial charge in [0.1, 0.15) is 12.1 Å². The van der Waals surface area contributed by atoms with Gasteiger partial charge in [-0.05, 0) is 46.8 Å². The smallest absolute Gasteiger partial charge is 0.253 e. The van der Waals surface area contributed by atoms with Gasteiger partial charge in [-0.2, -0.15) is 0 Å². The second-order valence-electron chi connectivity index (χ2n) is 5.42. The zero-order valence-electron chi connectivity index (χ0n) is 13.8. The second kappa shape index (κ2) is 7.43. The van der Waals surface area contributed by atoms with Crippen molar-refractivity contribution in [3.05, 3.63) is 64.4 Å². The van der Waals surface area contributed by atoms with Crippen LogP contribution in [0.3, 0.4) is 0 Å². The SMILES string of the molecule is COc1ccc(Br)cc1CN(C)C(=O)c1cccc(-n2cnnn2)c1. The summed E-state index contributed by atoms with van der Waals surface area (Å²) < 4.78 is 7.81. The van der Waals surface area contributed by atoms with Crippen LogP contribution in [0, 0.1) is 0 Å². The lowest BCUT2D eigenvalue weighted by Gasteiger charge is -2.19. The first-order valence-electron chi connectivity index (χ1n) is 7.50. The number of carbonyl (C=O) groups excluding carboxylic acids is 1. The molecular formula is C17H16BrN5O2. The number of carbonyl (C=O) groups is 1. The Kier molecular flexibility index (Phi) is 5.08. The number of amides is 1. The van der Waals surface area contributed by atoms with Crippen LogP contribution in [0.4, 0.5) is 0 Å². The third-order valence-corrected chi connectivity index (χ3v) is 4.20. The van der Waals surface area contributed by atoms with E-state index in [4.69, 9.17) is 4.74 Å². The number of hydrogen-bond donors (Lipinski definition) is 0. The average Bonchev–Trinajstić information content (AvgIpc) is 3.16. The van der Waals surface area contributed by atoms with Crippen molar-refractivity contribution in [2.75, 3.05) is 14.2 Å². The van der Waals surface area contributed by atoms with Gasteiger partial charge in [-0.1, -0.05) is 22.0 Å². The van der Waals surface area contributed by atoms with Crippen molar-refractivity contribution >= 4 is 21.8 Å². The molecule has 0 fully saturated rings. The van der Waals surface area contributed by atoms with Gasteiger partial charge in [-0.25, -0.2) is 4.68 Å². The number of rotatable bonds is 5. The van der Waals surface area contributed by atoms with E-state index in [-0.39, 0.29) is 5.91 Å². The van der Waals surface area contributed by atoms with Gasteiger partial charge in [0.2, 0.25) is 0 Å². The summed E-state index contributed by atoms with van der Waals surface area (Å²) in [5.41, 5.74) is 2.21. The molecule has 1 aromatic heterocycles. The Morgan fingerprint density at radius 1 is 1.28 bits per heavy atom. The van der Waals surface area contributed by atoms with Crippen molar-refractivity contribution < 1.29 is 9.53 Å². The van der Waals surface area contributed by atoms with Crippen LogP contribution in [-0.2, 0) is 6.54 Å². The maximum Gasteiger partial charge on any atom is 0.253 e. The third-order valence-electron chi connectivity index (χ3n) is 3.70. The Bertz CT molecular complexity index is 883. The van der Waals surface area contributed by atoms with E-state index in [1.807, 2.05) is 24.3 Å². The summed E-state index contributed by atoms with van der Waals surface area (Å²) in [4.78, 5) is 14.4. The van der Waals surface area contributed by atoms with Gasteiger partial charge in [0, 0.05) is 29.2 Å². The highest BCUT2D eigenvalue weighted by atomic mass is 79.9. The lowest BCUT2D eigenvalue weighted by molar-refractivity contribution is 0.0784. The van der Waals surface area contributed by atoms with Crippen molar-refractivity contribution in [3.63, 3.8) is 0 Å². The van der Waals surface area contributed by atoms with E-state index in [0.717, 1.165) is 21.5 Å². The summed E-state index contributed by atoms with van der Waals surface area (Å²) in [6, 6.07) is 12.9. The maximum absolute atomic E-state index is 12.8. The minimum absolute atomic E-state index is 0.100. The number of aromatic nitrogens is 4. The summed E-state index contributed by atoms with van der Waals surface area (Å²) in [7, 11) is 3.37. The predicted octanol–water partition coefficient (Wildman–Crippen LogP) is 2.71. The molecule has 0 aliphatic rings. The van der Waals surface area contributed by atoms with Gasteiger partial charge < -0.3 is 9.64 Å². The van der Waals surface area contributed by atoms with Crippen LogP contribution in [0.1, 0.15) is 15.9 Å². The van der Waals surface area contributed by atoms with Crippen LogP contribution in [0.5, 0.6) is 5.75 Å². The number of hydrogen-bond acceptors (Lipinski definition) is 5. The highest BCUT2D eigenvalue weighted by molar-refractivity contribution is 9.10. The zero-order valence-corrected chi connectivity index (χ0v) is 15.3. The number of methoxy groups -OCH3 is 1. The Morgan fingerprint density at radius 2 is 2.12 bits per heavy atom. The Balaban J connectivity index is 1.81. The van der Waals surface area contributed by atoms with E-state index in [1.54, 1.807) is 37.3 Å². The van der Waals surface area contributed by atoms with Crippen LogP contribution >= 0.6 is 15.9 Å². The van der Waals surface area contributed by atoms with E-state index in [2.05, 4.69) is 31.5 Å². The van der Waals surface area contributed by atoms with Gasteiger partial charge in [0.25, 0.3) is 5.91 Å². The average molecular weight is 402 g/mol. The van der Waals surface area contributed by atoms with E-state index >= 15 is 0 Å². The van der Waals surface area contributed by atoms with Gasteiger partial charge in [0.05, 0.1) is 12.8 Å². The van der Waals surface area contributed by atoms with Crippen molar-refractivity contribution in [3.8, 4) is 11.4 Å². The first-order valence-corrected chi connectivity index (χ1v) is 8.29. The van der Waals surface area contributed by atoms with Crippen molar-refractivity contribution in [1.82, 2.24) is 25.1 Å². The number of nitrogens with zero attached hydrogens (tertiary/aromatic N) is 5. The molecule has 0 atom stereocenters. The molecule has 0 aliphatic heterocycles. The first-order chi connectivity index (χ1) is 12.1. The standard InChI is InChI=1S/C17H16BrN5O2/c1-22(10-13-8-14(18)6-7-16(13)25-2)17(24)12-4-3-5-15(9-12)23-11-19-20-21-23/h3-9,11H,10H2,1-2H3. The van der Waals surface area contributed by atoms with Crippen LogP contribution < -0.4 is 4.74 Å². The molecule has 3 aromatic rings. The number of tetrazole rings is 1. The van der Waals surface area contributed by atoms with Crippen LogP contribution in [0.25, 0.3) is 5.69 Å². The summed E-state index contributed by atoms with van der Waals surface area (Å²) in [5, 5.41) is 11.1. The predicted molar refractivity (Wildman–Crippen MR) is 95.6 cm³/mol. The quantitative estimate of drug-likeness (QED) is 0.656. The van der Waals surface area contributed by atoms with Crippen molar-refractivity contribution in [2.24, 2.45) is 0 Å². The molecule has 2 aromatic carbocycles. The minimum atomic E-state index is -0.100. The fourth-order valence-corrected chi connectivity index (χ4v) is 2.89. The highest BCUT2D eigenvalue weighted by Crippen LogP contribution is 2.24. The molecule has 0 aliphatic carbocycles. The van der Waals surface area contributed by atoms with Crippen LogP contribution in [0.15, 0.2) is 53.3 Å². The van der Waals surface area contributed by atoms with E-state index in [9.17, 15) is 4.79 Å². The zero-order chi connectivity index (χ0) is 17.8. The van der Waals surface area contributed by atoms with Crippen LogP contribution in [0.2, 0.25) is 0 Å². The van der Waals surface area contributed by atoms with Gasteiger partial charge in [-0.3, -0.25) is 4.79 Å². The molecule has 0 bridgehead atoms. The number of ether oxygens (including phenoxy) is 1. The molecule has 0 radical (unpaired) electrons. The Labute approximate surface area is 153 Å².